The number of nitrogens with one attached hydrogen (secondary N) is 1. The Balaban J connectivity index is 1.79. The summed E-state index contributed by atoms with van der Waals surface area (Å²) >= 11 is 1.66. The lowest BCUT2D eigenvalue weighted by Gasteiger charge is -2.14. The van der Waals surface area contributed by atoms with Crippen LogP contribution < -0.4 is 5.32 Å². The van der Waals surface area contributed by atoms with E-state index >= 15 is 0 Å². The molecule has 0 aliphatic carbocycles. The number of thioether (sulfide) groups is 1. The molecule has 1 atom stereocenters. The summed E-state index contributed by atoms with van der Waals surface area (Å²) in [7, 11) is 0. The Kier molecular flexibility index (Phi) is 6.28. The summed E-state index contributed by atoms with van der Waals surface area (Å²) in [6.45, 7) is 8.31. The molecule has 0 radical (unpaired) electrons. The van der Waals surface area contributed by atoms with Crippen molar-refractivity contribution in [3.8, 4) is 0 Å². The van der Waals surface area contributed by atoms with E-state index in [9.17, 15) is 4.79 Å². The molecule has 2 aromatic rings. The molecule has 0 fully saturated rings. The Hall–Kier alpha value is -1.74. The second-order valence-electron chi connectivity index (χ2n) is 6.19. The predicted octanol–water partition coefficient (Wildman–Crippen LogP) is 4.72. The molecule has 2 nitrogen and oxygen atoms in total. The molecule has 0 saturated carbocycles. The van der Waals surface area contributed by atoms with Gasteiger partial charge in [-0.1, -0.05) is 59.2 Å². The van der Waals surface area contributed by atoms with Gasteiger partial charge < -0.3 is 5.32 Å². The van der Waals surface area contributed by atoms with Crippen molar-refractivity contribution in [2.24, 2.45) is 0 Å². The molecule has 0 aliphatic rings. The van der Waals surface area contributed by atoms with E-state index < -0.39 is 0 Å². The number of rotatable bonds is 6. The number of hydrogen-bond donors (Lipinski definition) is 1. The average Bonchev–Trinajstić information content (AvgIpc) is 2.46. The number of carbonyl (C=O) groups is 1. The molecule has 0 aromatic heterocycles. The molecule has 0 saturated heterocycles. The maximum Gasteiger partial charge on any atom is 0.230 e. The number of amides is 1. The van der Waals surface area contributed by atoms with Crippen LogP contribution in [0.5, 0.6) is 0 Å². The van der Waals surface area contributed by atoms with Gasteiger partial charge in [0, 0.05) is 5.75 Å². The third-order valence-corrected chi connectivity index (χ3v) is 4.74. The van der Waals surface area contributed by atoms with Crippen molar-refractivity contribution in [2.75, 3.05) is 5.75 Å². The van der Waals surface area contributed by atoms with Gasteiger partial charge in [-0.15, -0.1) is 11.8 Å². The highest BCUT2D eigenvalue weighted by molar-refractivity contribution is 7.99. The molecular formula is C20H25NOS. The first-order valence-electron chi connectivity index (χ1n) is 7.95. The van der Waals surface area contributed by atoms with E-state index in [2.05, 4.69) is 68.6 Å². The number of benzene rings is 2. The van der Waals surface area contributed by atoms with Gasteiger partial charge in [0.1, 0.15) is 0 Å². The SMILES string of the molecule is Cc1ccc([C@H](C)NC(=O)CSCc2cc(C)cc(C)c2)cc1. The third-order valence-electron chi connectivity index (χ3n) is 3.74. The van der Waals surface area contributed by atoms with Gasteiger partial charge >= 0.3 is 0 Å². The van der Waals surface area contributed by atoms with E-state index in [4.69, 9.17) is 0 Å². The number of carbonyl (C=O) groups excluding carboxylic acids is 1. The summed E-state index contributed by atoms with van der Waals surface area (Å²) in [5.74, 6) is 1.45. The van der Waals surface area contributed by atoms with Gasteiger partial charge in [0.15, 0.2) is 0 Å². The Morgan fingerprint density at radius 3 is 2.22 bits per heavy atom. The number of hydrogen-bond acceptors (Lipinski definition) is 2. The summed E-state index contributed by atoms with van der Waals surface area (Å²) < 4.78 is 0. The van der Waals surface area contributed by atoms with Crippen LogP contribution in [-0.2, 0) is 10.5 Å². The molecule has 23 heavy (non-hydrogen) atoms. The van der Waals surface area contributed by atoms with Crippen LogP contribution in [0.4, 0.5) is 0 Å². The van der Waals surface area contributed by atoms with Crippen LogP contribution in [0.25, 0.3) is 0 Å². The first-order valence-corrected chi connectivity index (χ1v) is 9.10. The molecule has 2 rings (SSSR count). The van der Waals surface area contributed by atoms with Gasteiger partial charge in [0.05, 0.1) is 11.8 Å². The molecule has 0 unspecified atom stereocenters. The Morgan fingerprint density at radius 2 is 1.61 bits per heavy atom. The minimum absolute atomic E-state index is 0.0462. The summed E-state index contributed by atoms with van der Waals surface area (Å²) in [5, 5.41) is 3.06. The minimum Gasteiger partial charge on any atom is -0.349 e. The molecule has 1 N–H and O–H groups in total. The van der Waals surface area contributed by atoms with Gasteiger partial charge in [-0.2, -0.15) is 0 Å². The predicted molar refractivity (Wildman–Crippen MR) is 99.8 cm³/mol. The maximum atomic E-state index is 12.1. The van der Waals surface area contributed by atoms with Crippen LogP contribution in [0.15, 0.2) is 42.5 Å². The smallest absolute Gasteiger partial charge is 0.230 e. The monoisotopic (exact) mass is 327 g/mol. The van der Waals surface area contributed by atoms with Crippen LogP contribution in [0.2, 0.25) is 0 Å². The van der Waals surface area contributed by atoms with Gasteiger partial charge in [0.25, 0.3) is 0 Å². The van der Waals surface area contributed by atoms with Gasteiger partial charge in [0.2, 0.25) is 5.91 Å². The average molecular weight is 327 g/mol. The molecule has 3 heteroatoms. The fourth-order valence-electron chi connectivity index (χ4n) is 2.64. The maximum absolute atomic E-state index is 12.1. The zero-order valence-electron chi connectivity index (χ0n) is 14.3. The summed E-state index contributed by atoms with van der Waals surface area (Å²) in [4.78, 5) is 12.1. The van der Waals surface area contributed by atoms with E-state index in [0.717, 1.165) is 11.3 Å². The van der Waals surface area contributed by atoms with Crippen molar-refractivity contribution in [3.05, 3.63) is 70.3 Å². The minimum atomic E-state index is 0.0462. The third kappa shape index (κ3) is 5.76. The fraction of sp³-hybridized carbons (Fsp3) is 0.350. The van der Waals surface area contributed by atoms with E-state index in [0.29, 0.717) is 5.75 Å². The standard InChI is InChI=1S/C20H25NOS/c1-14-5-7-19(8-6-14)17(4)21-20(22)13-23-12-18-10-15(2)9-16(3)11-18/h5-11,17H,12-13H2,1-4H3,(H,21,22)/t17-/m0/s1. The molecule has 122 valence electrons. The van der Waals surface area contributed by atoms with Crippen molar-refractivity contribution in [3.63, 3.8) is 0 Å². The van der Waals surface area contributed by atoms with E-state index in [-0.39, 0.29) is 11.9 Å². The van der Waals surface area contributed by atoms with Crippen LogP contribution >= 0.6 is 11.8 Å². The summed E-state index contributed by atoms with van der Waals surface area (Å²) in [6, 6.07) is 14.9. The first-order chi connectivity index (χ1) is 10.9. The lowest BCUT2D eigenvalue weighted by molar-refractivity contribution is -0.119. The second kappa shape index (κ2) is 8.21. The van der Waals surface area contributed by atoms with E-state index in [1.165, 1.54) is 22.3 Å². The molecule has 2 aromatic carbocycles. The Bertz CT molecular complexity index is 644. The lowest BCUT2D eigenvalue weighted by Crippen LogP contribution is -2.28. The molecular weight excluding hydrogens is 302 g/mol. The van der Waals surface area contributed by atoms with Crippen molar-refractivity contribution in [2.45, 2.75) is 39.5 Å². The quantitative estimate of drug-likeness (QED) is 0.831. The highest BCUT2D eigenvalue weighted by Crippen LogP contribution is 2.17. The normalized spacial score (nSPS) is 12.0. The van der Waals surface area contributed by atoms with Gasteiger partial charge in [-0.05, 0) is 38.8 Å². The highest BCUT2D eigenvalue weighted by Gasteiger charge is 2.09. The highest BCUT2D eigenvalue weighted by atomic mass is 32.2. The van der Waals surface area contributed by atoms with Gasteiger partial charge in [-0.3, -0.25) is 4.79 Å². The summed E-state index contributed by atoms with van der Waals surface area (Å²) in [5.41, 5.74) is 6.21. The number of aryl methyl sites for hydroxylation is 3. The van der Waals surface area contributed by atoms with Crippen molar-refractivity contribution in [1.29, 1.82) is 0 Å². The van der Waals surface area contributed by atoms with Crippen molar-refractivity contribution in [1.82, 2.24) is 5.32 Å². The zero-order chi connectivity index (χ0) is 16.8. The molecule has 0 aliphatic heterocycles. The second-order valence-corrected chi connectivity index (χ2v) is 7.17. The van der Waals surface area contributed by atoms with Crippen LogP contribution in [0, 0.1) is 20.8 Å². The van der Waals surface area contributed by atoms with E-state index in [1.54, 1.807) is 11.8 Å². The first kappa shape index (κ1) is 17.6. The van der Waals surface area contributed by atoms with Crippen LogP contribution in [-0.4, -0.2) is 11.7 Å². The molecule has 0 spiro atoms. The topological polar surface area (TPSA) is 29.1 Å². The fourth-order valence-corrected chi connectivity index (χ4v) is 3.41. The Labute approximate surface area is 143 Å². The van der Waals surface area contributed by atoms with Crippen LogP contribution in [0.1, 0.15) is 40.8 Å². The molecule has 0 bridgehead atoms. The Morgan fingerprint density at radius 1 is 1.00 bits per heavy atom. The van der Waals surface area contributed by atoms with Crippen molar-refractivity contribution >= 4 is 17.7 Å². The van der Waals surface area contributed by atoms with Crippen molar-refractivity contribution < 1.29 is 4.79 Å². The largest absolute Gasteiger partial charge is 0.349 e. The van der Waals surface area contributed by atoms with Gasteiger partial charge in [-0.25, -0.2) is 0 Å². The summed E-state index contributed by atoms with van der Waals surface area (Å²) in [6.07, 6.45) is 0. The molecule has 0 heterocycles. The zero-order valence-corrected chi connectivity index (χ0v) is 15.2. The molecule has 1 amide bonds. The lowest BCUT2D eigenvalue weighted by atomic mass is 10.1. The van der Waals surface area contributed by atoms with E-state index in [1.807, 2.05) is 6.92 Å². The van der Waals surface area contributed by atoms with Crippen LogP contribution in [0.3, 0.4) is 0 Å².